The van der Waals surface area contributed by atoms with Crippen LogP contribution in [-0.2, 0) is 0 Å². The summed E-state index contributed by atoms with van der Waals surface area (Å²) in [6.45, 7) is 6.10. The maximum absolute atomic E-state index is 12.7. The number of amides is 1. The Balaban J connectivity index is 2.29. The molecule has 0 saturated heterocycles. The molecular weight excluding hydrogens is 310 g/mol. The Kier molecular flexibility index (Phi) is 5.66. The standard InChI is InChI=1S/C18H23NO3S/c1-11(2)17(16-7-6-8-23-16)19-18(20)13-9-14(21-4)12(3)15(10-13)22-5/h6-11,17H,1-5H3,(H,19,20). The van der Waals surface area contributed by atoms with Gasteiger partial charge in [-0.2, -0.15) is 0 Å². The van der Waals surface area contributed by atoms with E-state index in [2.05, 4.69) is 19.2 Å². The molecule has 0 fully saturated rings. The number of hydrogen-bond acceptors (Lipinski definition) is 4. The van der Waals surface area contributed by atoms with E-state index in [1.807, 2.05) is 24.4 Å². The van der Waals surface area contributed by atoms with Crippen molar-refractivity contribution < 1.29 is 14.3 Å². The van der Waals surface area contributed by atoms with Gasteiger partial charge in [0.2, 0.25) is 0 Å². The van der Waals surface area contributed by atoms with Gasteiger partial charge in [0.05, 0.1) is 20.3 Å². The Morgan fingerprint density at radius 2 is 1.78 bits per heavy atom. The molecule has 0 radical (unpaired) electrons. The Bertz CT molecular complexity index is 640. The van der Waals surface area contributed by atoms with Crippen LogP contribution in [0.2, 0.25) is 0 Å². The summed E-state index contributed by atoms with van der Waals surface area (Å²) in [5, 5.41) is 5.14. The van der Waals surface area contributed by atoms with Gasteiger partial charge < -0.3 is 14.8 Å². The molecule has 2 aromatic rings. The minimum Gasteiger partial charge on any atom is -0.496 e. The summed E-state index contributed by atoms with van der Waals surface area (Å²) >= 11 is 1.65. The summed E-state index contributed by atoms with van der Waals surface area (Å²) < 4.78 is 10.7. The fraction of sp³-hybridized carbons (Fsp3) is 0.389. The molecule has 1 aromatic heterocycles. The number of methoxy groups -OCH3 is 2. The number of carbonyl (C=O) groups excluding carboxylic acids is 1. The van der Waals surface area contributed by atoms with Gasteiger partial charge >= 0.3 is 0 Å². The summed E-state index contributed by atoms with van der Waals surface area (Å²) in [6, 6.07) is 7.53. The van der Waals surface area contributed by atoms with Crippen molar-refractivity contribution in [3.8, 4) is 11.5 Å². The Morgan fingerprint density at radius 1 is 1.17 bits per heavy atom. The smallest absolute Gasteiger partial charge is 0.252 e. The van der Waals surface area contributed by atoms with Crippen molar-refractivity contribution in [2.45, 2.75) is 26.8 Å². The number of ether oxygens (including phenoxy) is 2. The summed E-state index contributed by atoms with van der Waals surface area (Å²) in [6.07, 6.45) is 0. The van der Waals surface area contributed by atoms with Crippen LogP contribution in [0.4, 0.5) is 0 Å². The van der Waals surface area contributed by atoms with Crippen LogP contribution in [0.5, 0.6) is 11.5 Å². The average Bonchev–Trinajstić information content (AvgIpc) is 3.06. The van der Waals surface area contributed by atoms with E-state index in [0.29, 0.717) is 23.0 Å². The van der Waals surface area contributed by atoms with Crippen LogP contribution in [0.15, 0.2) is 29.6 Å². The normalized spacial score (nSPS) is 12.1. The van der Waals surface area contributed by atoms with Crippen LogP contribution in [0.3, 0.4) is 0 Å². The third kappa shape index (κ3) is 3.85. The van der Waals surface area contributed by atoms with E-state index in [9.17, 15) is 4.79 Å². The summed E-state index contributed by atoms with van der Waals surface area (Å²) in [5.41, 5.74) is 1.41. The molecule has 1 heterocycles. The fourth-order valence-electron chi connectivity index (χ4n) is 2.48. The lowest BCUT2D eigenvalue weighted by Gasteiger charge is -2.22. The van der Waals surface area contributed by atoms with E-state index in [1.54, 1.807) is 37.7 Å². The molecule has 1 atom stereocenters. The van der Waals surface area contributed by atoms with Crippen LogP contribution in [-0.4, -0.2) is 20.1 Å². The van der Waals surface area contributed by atoms with Gasteiger partial charge in [-0.25, -0.2) is 0 Å². The van der Waals surface area contributed by atoms with Gasteiger partial charge in [0, 0.05) is 16.0 Å². The molecule has 4 nitrogen and oxygen atoms in total. The molecule has 124 valence electrons. The molecule has 0 aliphatic heterocycles. The van der Waals surface area contributed by atoms with Gasteiger partial charge in [0.1, 0.15) is 11.5 Å². The van der Waals surface area contributed by atoms with Crippen LogP contribution >= 0.6 is 11.3 Å². The van der Waals surface area contributed by atoms with Crippen LogP contribution < -0.4 is 14.8 Å². The number of rotatable bonds is 6. The van der Waals surface area contributed by atoms with Crippen molar-refractivity contribution in [1.82, 2.24) is 5.32 Å². The number of benzene rings is 1. The largest absolute Gasteiger partial charge is 0.496 e. The maximum atomic E-state index is 12.7. The summed E-state index contributed by atoms with van der Waals surface area (Å²) in [5.74, 6) is 1.46. The summed E-state index contributed by atoms with van der Waals surface area (Å²) in [7, 11) is 3.18. The first kappa shape index (κ1) is 17.3. The molecule has 1 N–H and O–H groups in total. The van der Waals surface area contributed by atoms with E-state index in [-0.39, 0.29) is 11.9 Å². The van der Waals surface area contributed by atoms with Crippen molar-refractivity contribution in [2.24, 2.45) is 5.92 Å². The first-order valence-electron chi connectivity index (χ1n) is 7.54. The topological polar surface area (TPSA) is 47.6 Å². The molecule has 1 amide bonds. The SMILES string of the molecule is COc1cc(C(=O)NC(c2cccs2)C(C)C)cc(OC)c1C. The molecule has 2 rings (SSSR count). The van der Waals surface area contributed by atoms with E-state index < -0.39 is 0 Å². The van der Waals surface area contributed by atoms with E-state index in [4.69, 9.17) is 9.47 Å². The van der Waals surface area contributed by atoms with E-state index in [0.717, 1.165) is 10.4 Å². The van der Waals surface area contributed by atoms with Crippen LogP contribution in [0.1, 0.15) is 40.7 Å². The van der Waals surface area contributed by atoms with E-state index in [1.165, 1.54) is 0 Å². The minimum absolute atomic E-state index is 0.0132. The van der Waals surface area contributed by atoms with Crippen molar-refractivity contribution in [3.63, 3.8) is 0 Å². The molecule has 0 aliphatic carbocycles. The zero-order valence-electron chi connectivity index (χ0n) is 14.2. The average molecular weight is 333 g/mol. The van der Waals surface area contributed by atoms with Gasteiger partial charge in [0.25, 0.3) is 5.91 Å². The molecule has 0 bridgehead atoms. The molecule has 0 saturated carbocycles. The van der Waals surface area contributed by atoms with Gasteiger partial charge in [0.15, 0.2) is 0 Å². The molecule has 5 heteroatoms. The first-order chi connectivity index (χ1) is 11.0. The summed E-state index contributed by atoms with van der Waals surface area (Å²) in [4.78, 5) is 13.8. The lowest BCUT2D eigenvalue weighted by molar-refractivity contribution is 0.0926. The zero-order valence-corrected chi connectivity index (χ0v) is 15.0. The predicted octanol–water partition coefficient (Wildman–Crippen LogP) is 4.20. The molecule has 0 spiro atoms. The molecule has 0 aliphatic rings. The fourth-order valence-corrected chi connectivity index (χ4v) is 3.43. The lowest BCUT2D eigenvalue weighted by atomic mass is 10.0. The lowest BCUT2D eigenvalue weighted by Crippen LogP contribution is -2.31. The Morgan fingerprint density at radius 3 is 2.22 bits per heavy atom. The van der Waals surface area contributed by atoms with Crippen molar-refractivity contribution in [1.29, 1.82) is 0 Å². The zero-order chi connectivity index (χ0) is 17.0. The number of carbonyl (C=O) groups is 1. The molecule has 23 heavy (non-hydrogen) atoms. The molecular formula is C18H23NO3S. The van der Waals surface area contributed by atoms with Gasteiger partial charge in [-0.3, -0.25) is 4.79 Å². The highest BCUT2D eigenvalue weighted by Crippen LogP contribution is 2.31. The number of nitrogens with one attached hydrogen (secondary N) is 1. The number of hydrogen-bond donors (Lipinski definition) is 1. The van der Waals surface area contributed by atoms with Crippen LogP contribution in [0, 0.1) is 12.8 Å². The predicted molar refractivity (Wildman–Crippen MR) is 93.6 cm³/mol. The molecule has 1 aromatic carbocycles. The van der Waals surface area contributed by atoms with Crippen molar-refractivity contribution >= 4 is 17.2 Å². The van der Waals surface area contributed by atoms with Gasteiger partial charge in [-0.1, -0.05) is 19.9 Å². The second-order valence-electron chi connectivity index (χ2n) is 5.72. The second kappa shape index (κ2) is 7.51. The monoisotopic (exact) mass is 333 g/mol. The highest BCUT2D eigenvalue weighted by atomic mass is 32.1. The second-order valence-corrected chi connectivity index (χ2v) is 6.70. The minimum atomic E-state index is -0.131. The first-order valence-corrected chi connectivity index (χ1v) is 8.42. The Hall–Kier alpha value is -2.01. The maximum Gasteiger partial charge on any atom is 0.252 e. The third-order valence-electron chi connectivity index (χ3n) is 3.82. The van der Waals surface area contributed by atoms with Crippen LogP contribution in [0.25, 0.3) is 0 Å². The highest BCUT2D eigenvalue weighted by Gasteiger charge is 2.21. The third-order valence-corrected chi connectivity index (χ3v) is 4.77. The van der Waals surface area contributed by atoms with Gasteiger partial charge in [-0.15, -0.1) is 11.3 Å². The van der Waals surface area contributed by atoms with Crippen molar-refractivity contribution in [2.75, 3.05) is 14.2 Å². The Labute approximate surface area is 141 Å². The van der Waals surface area contributed by atoms with E-state index >= 15 is 0 Å². The highest BCUT2D eigenvalue weighted by molar-refractivity contribution is 7.10. The van der Waals surface area contributed by atoms with Crippen molar-refractivity contribution in [3.05, 3.63) is 45.6 Å². The van der Waals surface area contributed by atoms with Gasteiger partial charge in [-0.05, 0) is 36.4 Å². The number of thiophene rings is 1. The molecule has 1 unspecified atom stereocenters. The quantitative estimate of drug-likeness (QED) is 0.862.